The molecule has 5 nitrogen and oxygen atoms in total. The Morgan fingerprint density at radius 1 is 1.32 bits per heavy atom. The van der Waals surface area contributed by atoms with E-state index in [4.69, 9.17) is 13.9 Å². The zero-order chi connectivity index (χ0) is 15.6. The summed E-state index contributed by atoms with van der Waals surface area (Å²) < 4.78 is 17.1. The van der Waals surface area contributed by atoms with Crippen molar-refractivity contribution < 1.29 is 13.9 Å². The van der Waals surface area contributed by atoms with Crippen molar-refractivity contribution in [3.05, 3.63) is 24.3 Å². The van der Waals surface area contributed by atoms with Crippen molar-refractivity contribution >= 4 is 11.8 Å². The third kappa shape index (κ3) is 3.44. The molecule has 0 spiro atoms. The molecule has 3 rings (SSSR count). The second-order valence-corrected chi connectivity index (χ2v) is 7.07. The van der Waals surface area contributed by atoms with Crippen molar-refractivity contribution in [2.45, 2.75) is 43.3 Å². The van der Waals surface area contributed by atoms with Gasteiger partial charge in [-0.25, -0.2) is 0 Å². The molecular formula is C16H20N2O3S. The summed E-state index contributed by atoms with van der Waals surface area (Å²) in [6, 6.07) is 7.69. The molecule has 1 saturated heterocycles. The Bertz CT molecular complexity index is 642. The second-order valence-electron chi connectivity index (χ2n) is 5.82. The smallest absolute Gasteiger partial charge is 0.277 e. The number of rotatable bonds is 5. The Morgan fingerprint density at radius 2 is 2.14 bits per heavy atom. The van der Waals surface area contributed by atoms with Crippen LogP contribution < -0.4 is 4.74 Å². The van der Waals surface area contributed by atoms with Crippen molar-refractivity contribution in [3.63, 3.8) is 0 Å². The fourth-order valence-corrected chi connectivity index (χ4v) is 3.61. The normalized spacial score (nSPS) is 20.2. The van der Waals surface area contributed by atoms with Gasteiger partial charge in [0.25, 0.3) is 11.1 Å². The predicted molar refractivity (Wildman–Crippen MR) is 85.2 cm³/mol. The minimum atomic E-state index is -0.0674. The molecule has 1 fully saturated rings. The fourth-order valence-electron chi connectivity index (χ4n) is 2.49. The number of hydrogen-bond donors (Lipinski definition) is 0. The van der Waals surface area contributed by atoms with Gasteiger partial charge in [0.2, 0.25) is 0 Å². The van der Waals surface area contributed by atoms with E-state index in [0.29, 0.717) is 29.6 Å². The van der Waals surface area contributed by atoms with Crippen LogP contribution in [0.25, 0.3) is 11.5 Å². The molecule has 1 atom stereocenters. The molecular weight excluding hydrogens is 300 g/mol. The lowest BCUT2D eigenvalue weighted by Crippen LogP contribution is -2.16. The Kier molecular flexibility index (Phi) is 4.40. The van der Waals surface area contributed by atoms with Gasteiger partial charge >= 0.3 is 0 Å². The average molecular weight is 320 g/mol. The molecule has 1 aromatic carbocycles. The Labute approximate surface area is 134 Å². The maximum atomic E-state index is 5.79. The van der Waals surface area contributed by atoms with Crippen LogP contribution in [0.3, 0.4) is 0 Å². The summed E-state index contributed by atoms with van der Waals surface area (Å²) in [5, 5.41) is 9.22. The number of ether oxygens (including phenoxy) is 2. The minimum absolute atomic E-state index is 0.0674. The van der Waals surface area contributed by atoms with Crippen molar-refractivity contribution in [1.82, 2.24) is 10.2 Å². The Balaban J connectivity index is 1.74. The molecule has 1 aliphatic heterocycles. The van der Waals surface area contributed by atoms with Crippen molar-refractivity contribution in [2.75, 3.05) is 13.2 Å². The Hall–Kier alpha value is -1.53. The molecule has 2 heterocycles. The van der Waals surface area contributed by atoms with Crippen molar-refractivity contribution in [2.24, 2.45) is 0 Å². The monoisotopic (exact) mass is 320 g/mol. The summed E-state index contributed by atoms with van der Waals surface area (Å²) in [5.74, 6) is 1.25. The zero-order valence-electron chi connectivity index (χ0n) is 13.0. The van der Waals surface area contributed by atoms with Gasteiger partial charge in [-0.1, -0.05) is 23.9 Å². The largest absolute Gasteiger partial charge is 0.493 e. The standard InChI is InChI=1S/C16H20N2O3S/c1-4-19-13-8-6-5-7-12(13)14-17-18-15(21-14)22-11-9-16(2,3)20-10-11/h5-8,11H,4,9-10H2,1-3H3. The van der Waals surface area contributed by atoms with Crippen LogP contribution in [0.1, 0.15) is 27.2 Å². The van der Waals surface area contributed by atoms with Crippen LogP contribution in [-0.4, -0.2) is 34.3 Å². The van der Waals surface area contributed by atoms with E-state index in [9.17, 15) is 0 Å². The molecule has 1 aromatic heterocycles. The van der Waals surface area contributed by atoms with E-state index in [0.717, 1.165) is 17.7 Å². The van der Waals surface area contributed by atoms with Crippen LogP contribution in [0.2, 0.25) is 0 Å². The van der Waals surface area contributed by atoms with E-state index < -0.39 is 0 Å². The van der Waals surface area contributed by atoms with Gasteiger partial charge in [-0.05, 0) is 39.3 Å². The van der Waals surface area contributed by atoms with Gasteiger partial charge in [0, 0.05) is 5.25 Å². The van der Waals surface area contributed by atoms with Crippen LogP contribution >= 0.6 is 11.8 Å². The molecule has 1 unspecified atom stereocenters. The SMILES string of the molecule is CCOc1ccccc1-c1nnc(SC2COC(C)(C)C2)o1. The number of aromatic nitrogens is 2. The molecule has 22 heavy (non-hydrogen) atoms. The fraction of sp³-hybridized carbons (Fsp3) is 0.500. The molecule has 0 amide bonds. The van der Waals surface area contributed by atoms with Crippen molar-refractivity contribution in [3.8, 4) is 17.2 Å². The maximum Gasteiger partial charge on any atom is 0.277 e. The first-order valence-corrected chi connectivity index (χ1v) is 8.32. The van der Waals surface area contributed by atoms with Crippen LogP contribution in [-0.2, 0) is 4.74 Å². The van der Waals surface area contributed by atoms with E-state index in [2.05, 4.69) is 24.0 Å². The van der Waals surface area contributed by atoms with Gasteiger partial charge < -0.3 is 13.9 Å². The maximum absolute atomic E-state index is 5.79. The molecule has 2 aromatic rings. The third-order valence-corrected chi connectivity index (χ3v) is 4.47. The van der Waals surface area contributed by atoms with E-state index >= 15 is 0 Å². The van der Waals surface area contributed by atoms with E-state index in [1.165, 1.54) is 0 Å². The molecule has 0 bridgehead atoms. The van der Waals surface area contributed by atoms with E-state index in [1.54, 1.807) is 11.8 Å². The van der Waals surface area contributed by atoms with Crippen LogP contribution in [0.15, 0.2) is 33.9 Å². The average Bonchev–Trinajstić information content (AvgIpc) is 3.07. The number of benzene rings is 1. The first-order chi connectivity index (χ1) is 10.6. The molecule has 1 aliphatic rings. The number of hydrogen-bond acceptors (Lipinski definition) is 6. The summed E-state index contributed by atoms with van der Waals surface area (Å²) in [6.45, 7) is 7.47. The highest BCUT2D eigenvalue weighted by Gasteiger charge is 2.33. The quantitative estimate of drug-likeness (QED) is 0.835. The van der Waals surface area contributed by atoms with Gasteiger partial charge in [0.15, 0.2) is 0 Å². The first kappa shape index (κ1) is 15.4. The highest BCUT2D eigenvalue weighted by atomic mass is 32.2. The molecule has 0 saturated carbocycles. The topological polar surface area (TPSA) is 57.4 Å². The lowest BCUT2D eigenvalue weighted by atomic mass is 10.1. The number of thioether (sulfide) groups is 1. The molecule has 6 heteroatoms. The van der Waals surface area contributed by atoms with Gasteiger partial charge in [0.1, 0.15) is 5.75 Å². The predicted octanol–water partition coefficient (Wildman–Crippen LogP) is 3.79. The van der Waals surface area contributed by atoms with E-state index in [1.807, 2.05) is 31.2 Å². The summed E-state index contributed by atoms with van der Waals surface area (Å²) in [7, 11) is 0. The van der Waals surface area contributed by atoms with Crippen LogP contribution in [0.5, 0.6) is 5.75 Å². The minimum Gasteiger partial charge on any atom is -0.493 e. The Morgan fingerprint density at radius 3 is 2.86 bits per heavy atom. The van der Waals surface area contributed by atoms with Crippen LogP contribution in [0, 0.1) is 0 Å². The van der Waals surface area contributed by atoms with Gasteiger partial charge in [-0.3, -0.25) is 0 Å². The number of para-hydroxylation sites is 1. The number of nitrogens with zero attached hydrogens (tertiary/aromatic N) is 2. The molecule has 0 radical (unpaired) electrons. The van der Waals surface area contributed by atoms with Crippen LogP contribution in [0.4, 0.5) is 0 Å². The third-order valence-electron chi connectivity index (χ3n) is 3.47. The van der Waals surface area contributed by atoms with Gasteiger partial charge in [-0.15, -0.1) is 10.2 Å². The zero-order valence-corrected chi connectivity index (χ0v) is 13.9. The van der Waals surface area contributed by atoms with Gasteiger partial charge in [0.05, 0.1) is 24.4 Å². The van der Waals surface area contributed by atoms with Crippen molar-refractivity contribution in [1.29, 1.82) is 0 Å². The molecule has 0 N–H and O–H groups in total. The summed E-state index contributed by atoms with van der Waals surface area (Å²) >= 11 is 1.58. The van der Waals surface area contributed by atoms with E-state index in [-0.39, 0.29) is 5.60 Å². The highest BCUT2D eigenvalue weighted by Crippen LogP contribution is 2.37. The molecule has 118 valence electrons. The highest BCUT2D eigenvalue weighted by molar-refractivity contribution is 7.99. The summed E-state index contributed by atoms with van der Waals surface area (Å²) in [6.07, 6.45) is 0.977. The first-order valence-electron chi connectivity index (χ1n) is 7.44. The van der Waals surface area contributed by atoms with Gasteiger partial charge in [-0.2, -0.15) is 0 Å². The summed E-state index contributed by atoms with van der Waals surface area (Å²) in [4.78, 5) is 0. The molecule has 0 aliphatic carbocycles. The summed E-state index contributed by atoms with van der Waals surface area (Å²) in [5.41, 5.74) is 0.758. The lowest BCUT2D eigenvalue weighted by Gasteiger charge is -2.15. The second kappa shape index (κ2) is 6.30. The lowest BCUT2D eigenvalue weighted by molar-refractivity contribution is 0.0368.